The normalized spacial score (nSPS) is 19.5. The van der Waals surface area contributed by atoms with Crippen LogP contribution < -0.4 is 0 Å². The van der Waals surface area contributed by atoms with Crippen LogP contribution in [0.3, 0.4) is 0 Å². The summed E-state index contributed by atoms with van der Waals surface area (Å²) in [6.45, 7) is 5.25. The molecule has 0 bridgehead atoms. The zero-order chi connectivity index (χ0) is 23.3. The van der Waals surface area contributed by atoms with Crippen molar-refractivity contribution >= 4 is 11.9 Å². The molecule has 1 aromatic heterocycles. The van der Waals surface area contributed by atoms with E-state index in [1.165, 1.54) is 4.90 Å². The summed E-state index contributed by atoms with van der Waals surface area (Å²) in [6, 6.07) is 14.0. The Kier molecular flexibility index (Phi) is 7.40. The maximum Gasteiger partial charge on any atom is 0.327 e. The van der Waals surface area contributed by atoms with Crippen LogP contribution in [0.2, 0.25) is 0 Å². The molecule has 0 N–H and O–H groups in total. The quantitative estimate of drug-likeness (QED) is 0.548. The lowest BCUT2D eigenvalue weighted by Crippen LogP contribution is -2.57. The van der Waals surface area contributed by atoms with Crippen molar-refractivity contribution in [3.8, 4) is 0 Å². The van der Waals surface area contributed by atoms with Crippen molar-refractivity contribution in [2.24, 2.45) is 0 Å². The zero-order valence-corrected chi connectivity index (χ0v) is 19.7. The van der Waals surface area contributed by atoms with Gasteiger partial charge in [-0.05, 0) is 49.8 Å². The number of piperidine rings is 1. The Morgan fingerprint density at radius 1 is 1.06 bits per heavy atom. The molecule has 33 heavy (non-hydrogen) atoms. The summed E-state index contributed by atoms with van der Waals surface area (Å²) in [4.78, 5) is 37.1. The fourth-order valence-electron chi connectivity index (χ4n) is 5.12. The van der Waals surface area contributed by atoms with E-state index in [9.17, 15) is 9.59 Å². The molecule has 7 nitrogen and oxygen atoms in total. The molecule has 2 aliphatic rings. The van der Waals surface area contributed by atoms with Gasteiger partial charge in [0, 0.05) is 51.7 Å². The van der Waals surface area contributed by atoms with Crippen LogP contribution in [0.15, 0.2) is 54.9 Å². The van der Waals surface area contributed by atoms with Gasteiger partial charge in [0.1, 0.15) is 5.54 Å². The summed E-state index contributed by atoms with van der Waals surface area (Å²) in [7, 11) is 1.71. The standard InChI is InChI=1S/C26H34N4O3/c1-21(20-33-2)28-16-12-26(13-17-28)24(31)29(15-7-11-22-10-6-14-27-18-22)25(32)30(26)19-23-8-4-3-5-9-23/h3-6,8-10,14,18,21H,7,11-13,15-17,19-20H2,1-2H3/t21-/m1/s1. The van der Waals surface area contributed by atoms with Gasteiger partial charge in [-0.3, -0.25) is 19.6 Å². The van der Waals surface area contributed by atoms with Gasteiger partial charge < -0.3 is 9.64 Å². The maximum atomic E-state index is 13.7. The van der Waals surface area contributed by atoms with E-state index in [0.29, 0.717) is 32.5 Å². The van der Waals surface area contributed by atoms with Gasteiger partial charge in [-0.25, -0.2) is 4.79 Å². The highest BCUT2D eigenvalue weighted by Crippen LogP contribution is 2.39. The van der Waals surface area contributed by atoms with Gasteiger partial charge >= 0.3 is 6.03 Å². The number of benzene rings is 1. The van der Waals surface area contributed by atoms with Crippen LogP contribution in [0, 0.1) is 0 Å². The van der Waals surface area contributed by atoms with Crippen molar-refractivity contribution in [2.75, 3.05) is 33.4 Å². The summed E-state index contributed by atoms with van der Waals surface area (Å²) in [6.07, 6.45) is 6.42. The van der Waals surface area contributed by atoms with E-state index < -0.39 is 5.54 Å². The Labute approximate surface area is 196 Å². The zero-order valence-electron chi connectivity index (χ0n) is 19.7. The molecule has 176 valence electrons. The molecule has 2 aliphatic heterocycles. The van der Waals surface area contributed by atoms with E-state index in [0.717, 1.165) is 37.1 Å². The largest absolute Gasteiger partial charge is 0.383 e. The minimum atomic E-state index is -0.759. The number of imide groups is 1. The average molecular weight is 451 g/mol. The molecule has 1 atom stereocenters. The van der Waals surface area contributed by atoms with Crippen molar-refractivity contribution < 1.29 is 14.3 Å². The Morgan fingerprint density at radius 3 is 2.45 bits per heavy atom. The van der Waals surface area contributed by atoms with Crippen molar-refractivity contribution in [1.82, 2.24) is 19.7 Å². The van der Waals surface area contributed by atoms with Crippen LogP contribution >= 0.6 is 0 Å². The summed E-state index contributed by atoms with van der Waals surface area (Å²) < 4.78 is 5.32. The number of carbonyl (C=O) groups excluding carboxylic acids is 2. The number of hydrogen-bond acceptors (Lipinski definition) is 5. The van der Waals surface area contributed by atoms with Crippen LogP contribution in [0.25, 0.3) is 0 Å². The summed E-state index contributed by atoms with van der Waals surface area (Å²) >= 11 is 0. The second kappa shape index (κ2) is 10.4. The molecule has 0 aliphatic carbocycles. The number of likely N-dealkylation sites (tertiary alicyclic amines) is 1. The Balaban J connectivity index is 1.51. The third kappa shape index (κ3) is 4.94. The maximum absolute atomic E-state index is 13.7. The number of urea groups is 1. The third-order valence-electron chi connectivity index (χ3n) is 7.03. The van der Waals surface area contributed by atoms with Gasteiger partial charge in [0.2, 0.25) is 0 Å². The molecule has 7 heteroatoms. The lowest BCUT2D eigenvalue weighted by molar-refractivity contribution is -0.136. The predicted molar refractivity (Wildman–Crippen MR) is 127 cm³/mol. The number of aryl methyl sites for hydroxylation is 1. The molecule has 3 amide bonds. The van der Waals surface area contributed by atoms with Crippen molar-refractivity contribution in [1.29, 1.82) is 0 Å². The minimum Gasteiger partial charge on any atom is -0.383 e. The second-order valence-electron chi connectivity index (χ2n) is 9.15. The fourth-order valence-corrected chi connectivity index (χ4v) is 5.12. The third-order valence-corrected chi connectivity index (χ3v) is 7.03. The number of hydrogen-bond donors (Lipinski definition) is 0. The molecular formula is C26H34N4O3. The van der Waals surface area contributed by atoms with E-state index >= 15 is 0 Å². The second-order valence-corrected chi connectivity index (χ2v) is 9.15. The van der Waals surface area contributed by atoms with Gasteiger partial charge in [0.25, 0.3) is 5.91 Å². The van der Waals surface area contributed by atoms with Crippen LogP contribution in [0.4, 0.5) is 4.79 Å². The number of ether oxygens (including phenoxy) is 1. The molecule has 4 rings (SSSR count). The SMILES string of the molecule is COC[C@@H](C)N1CCC2(CC1)C(=O)N(CCCc1cccnc1)C(=O)N2Cc1ccccc1. The van der Waals surface area contributed by atoms with Crippen LogP contribution in [-0.4, -0.2) is 76.6 Å². The highest BCUT2D eigenvalue weighted by molar-refractivity contribution is 6.07. The molecule has 2 fully saturated rings. The Hall–Kier alpha value is -2.77. The van der Waals surface area contributed by atoms with Gasteiger partial charge in [0.15, 0.2) is 0 Å². The van der Waals surface area contributed by atoms with Crippen molar-refractivity contribution in [3.05, 3.63) is 66.0 Å². The first kappa shape index (κ1) is 23.4. The number of rotatable bonds is 9. The van der Waals surface area contributed by atoms with Gasteiger partial charge in [-0.2, -0.15) is 0 Å². The number of nitrogens with zero attached hydrogens (tertiary/aromatic N) is 4. The van der Waals surface area contributed by atoms with E-state index in [-0.39, 0.29) is 18.0 Å². The summed E-state index contributed by atoms with van der Waals surface area (Å²) in [5.41, 5.74) is 1.41. The predicted octanol–water partition coefficient (Wildman–Crippen LogP) is 3.35. The Bertz CT molecular complexity index is 929. The molecule has 1 aromatic carbocycles. The first-order valence-corrected chi connectivity index (χ1v) is 11.8. The molecule has 1 spiro atoms. The van der Waals surface area contributed by atoms with Crippen LogP contribution in [-0.2, 0) is 22.5 Å². The minimum absolute atomic E-state index is 0.0336. The monoisotopic (exact) mass is 450 g/mol. The Morgan fingerprint density at radius 2 is 1.79 bits per heavy atom. The molecule has 2 aromatic rings. The molecule has 3 heterocycles. The van der Waals surface area contributed by atoms with Gasteiger partial charge in [-0.15, -0.1) is 0 Å². The van der Waals surface area contributed by atoms with E-state index in [1.807, 2.05) is 53.6 Å². The van der Waals surface area contributed by atoms with Crippen molar-refractivity contribution in [3.63, 3.8) is 0 Å². The van der Waals surface area contributed by atoms with Gasteiger partial charge in [0.05, 0.1) is 6.61 Å². The van der Waals surface area contributed by atoms with E-state index in [4.69, 9.17) is 4.74 Å². The van der Waals surface area contributed by atoms with Crippen LogP contribution in [0.5, 0.6) is 0 Å². The number of methoxy groups -OCH3 is 1. The first-order valence-electron chi connectivity index (χ1n) is 11.8. The molecule has 0 saturated carbocycles. The first-order chi connectivity index (χ1) is 16.0. The number of carbonyl (C=O) groups is 2. The van der Waals surface area contributed by atoms with Gasteiger partial charge in [-0.1, -0.05) is 36.4 Å². The van der Waals surface area contributed by atoms with Crippen molar-refractivity contribution in [2.45, 2.75) is 50.7 Å². The molecular weight excluding hydrogens is 416 g/mol. The van der Waals surface area contributed by atoms with E-state index in [2.05, 4.69) is 16.8 Å². The lowest BCUT2D eigenvalue weighted by atomic mass is 9.85. The lowest BCUT2D eigenvalue weighted by Gasteiger charge is -2.44. The highest BCUT2D eigenvalue weighted by atomic mass is 16.5. The molecule has 2 saturated heterocycles. The summed E-state index contributed by atoms with van der Waals surface area (Å²) in [5.74, 6) is -0.0336. The topological polar surface area (TPSA) is 66.0 Å². The van der Waals surface area contributed by atoms with Crippen LogP contribution in [0.1, 0.15) is 37.3 Å². The van der Waals surface area contributed by atoms with E-state index in [1.54, 1.807) is 13.3 Å². The smallest absolute Gasteiger partial charge is 0.327 e. The number of pyridine rings is 1. The highest BCUT2D eigenvalue weighted by Gasteiger charge is 2.57. The fraction of sp³-hybridized carbons (Fsp3) is 0.500. The summed E-state index contributed by atoms with van der Waals surface area (Å²) in [5, 5.41) is 0. The number of amides is 3. The average Bonchev–Trinajstić information content (AvgIpc) is 3.02. The molecule has 0 radical (unpaired) electrons. The molecule has 0 unspecified atom stereocenters. The number of aromatic nitrogens is 1.